The Morgan fingerprint density at radius 2 is 2.24 bits per heavy atom. The van der Waals surface area contributed by atoms with Crippen molar-refractivity contribution in [2.75, 3.05) is 12.9 Å². The van der Waals surface area contributed by atoms with Crippen LogP contribution in [0.25, 0.3) is 11.0 Å². The summed E-state index contributed by atoms with van der Waals surface area (Å²) in [7, 11) is 1.34. The van der Waals surface area contributed by atoms with Crippen molar-refractivity contribution in [1.82, 2.24) is 9.55 Å². The molecule has 0 amide bonds. The third-order valence-electron chi connectivity index (χ3n) is 2.77. The van der Waals surface area contributed by atoms with Gasteiger partial charge in [-0.2, -0.15) is 0 Å². The topological polar surface area (TPSA) is 81.4 Å². The smallest absolute Gasteiger partial charge is 0.313 e. The van der Waals surface area contributed by atoms with E-state index in [0.717, 1.165) is 27.3 Å². The van der Waals surface area contributed by atoms with Gasteiger partial charge in [0.1, 0.15) is 0 Å². The SMILES string of the molecule is COC(=O)CCn1c(SCC(=O)O)nc2cc(Br)ccc21. The van der Waals surface area contributed by atoms with E-state index in [-0.39, 0.29) is 18.1 Å². The van der Waals surface area contributed by atoms with Crippen LogP contribution in [-0.4, -0.2) is 39.5 Å². The number of thioether (sulfide) groups is 1. The molecule has 1 aromatic carbocycles. The minimum absolute atomic E-state index is 0.0806. The highest BCUT2D eigenvalue weighted by Gasteiger charge is 2.14. The molecule has 8 heteroatoms. The van der Waals surface area contributed by atoms with Gasteiger partial charge in [-0.15, -0.1) is 0 Å². The van der Waals surface area contributed by atoms with Crippen LogP contribution in [0.4, 0.5) is 0 Å². The van der Waals surface area contributed by atoms with Gasteiger partial charge in [0.2, 0.25) is 0 Å². The maximum Gasteiger partial charge on any atom is 0.313 e. The van der Waals surface area contributed by atoms with Crippen LogP contribution in [0.5, 0.6) is 0 Å². The first-order chi connectivity index (χ1) is 10.0. The molecule has 6 nitrogen and oxygen atoms in total. The van der Waals surface area contributed by atoms with E-state index in [1.165, 1.54) is 7.11 Å². The Kier molecular flexibility index (Phi) is 5.24. The Labute approximate surface area is 133 Å². The van der Waals surface area contributed by atoms with Gasteiger partial charge >= 0.3 is 11.9 Å². The van der Waals surface area contributed by atoms with E-state index in [9.17, 15) is 9.59 Å². The van der Waals surface area contributed by atoms with E-state index in [4.69, 9.17) is 5.11 Å². The fourth-order valence-electron chi connectivity index (χ4n) is 1.84. The van der Waals surface area contributed by atoms with E-state index in [2.05, 4.69) is 25.7 Å². The first-order valence-corrected chi connectivity index (χ1v) is 7.86. The highest BCUT2D eigenvalue weighted by molar-refractivity contribution is 9.10. The van der Waals surface area contributed by atoms with Crippen molar-refractivity contribution >= 4 is 50.7 Å². The normalized spacial score (nSPS) is 10.8. The number of fused-ring (bicyclic) bond motifs is 1. The minimum atomic E-state index is -0.909. The molecule has 0 saturated heterocycles. The number of rotatable bonds is 6. The van der Waals surface area contributed by atoms with Gasteiger partial charge in [0.15, 0.2) is 5.16 Å². The van der Waals surface area contributed by atoms with Gasteiger partial charge in [0, 0.05) is 11.0 Å². The summed E-state index contributed by atoms with van der Waals surface area (Å²) < 4.78 is 7.37. The molecule has 21 heavy (non-hydrogen) atoms. The number of imidazole rings is 1. The van der Waals surface area contributed by atoms with Crippen LogP contribution in [0, 0.1) is 0 Å². The van der Waals surface area contributed by atoms with E-state index >= 15 is 0 Å². The van der Waals surface area contributed by atoms with Gasteiger partial charge in [-0.1, -0.05) is 27.7 Å². The van der Waals surface area contributed by atoms with Crippen LogP contribution in [0.1, 0.15) is 6.42 Å². The lowest BCUT2D eigenvalue weighted by atomic mass is 10.3. The van der Waals surface area contributed by atoms with Gasteiger partial charge in [-0.25, -0.2) is 4.98 Å². The number of halogens is 1. The molecule has 0 spiro atoms. The Bertz CT molecular complexity index is 686. The number of benzene rings is 1. The van der Waals surface area contributed by atoms with Crippen molar-refractivity contribution in [1.29, 1.82) is 0 Å². The van der Waals surface area contributed by atoms with Gasteiger partial charge in [-0.3, -0.25) is 9.59 Å². The van der Waals surface area contributed by atoms with Crippen molar-refractivity contribution in [2.45, 2.75) is 18.1 Å². The summed E-state index contributed by atoms with van der Waals surface area (Å²) in [6.07, 6.45) is 0.207. The summed E-state index contributed by atoms with van der Waals surface area (Å²) in [4.78, 5) is 26.5. The maximum absolute atomic E-state index is 11.3. The van der Waals surface area contributed by atoms with Crippen molar-refractivity contribution in [3.05, 3.63) is 22.7 Å². The molecular weight excluding hydrogens is 360 g/mol. The summed E-state index contributed by atoms with van der Waals surface area (Å²) in [6.45, 7) is 0.396. The molecule has 112 valence electrons. The lowest BCUT2D eigenvalue weighted by molar-refractivity contribution is -0.141. The molecule has 0 aliphatic carbocycles. The molecule has 1 N–H and O–H groups in total. The van der Waals surface area contributed by atoms with Crippen LogP contribution < -0.4 is 0 Å². The van der Waals surface area contributed by atoms with Crippen molar-refractivity contribution < 1.29 is 19.4 Å². The summed E-state index contributed by atoms with van der Waals surface area (Å²) in [6, 6.07) is 5.62. The molecule has 0 bridgehead atoms. The number of hydrogen-bond donors (Lipinski definition) is 1. The minimum Gasteiger partial charge on any atom is -0.481 e. The van der Waals surface area contributed by atoms with Gasteiger partial charge in [0.25, 0.3) is 0 Å². The largest absolute Gasteiger partial charge is 0.481 e. The van der Waals surface area contributed by atoms with Gasteiger partial charge < -0.3 is 14.4 Å². The molecule has 0 aliphatic rings. The Morgan fingerprint density at radius 1 is 1.48 bits per heavy atom. The zero-order valence-corrected chi connectivity index (χ0v) is 13.6. The van der Waals surface area contributed by atoms with Crippen LogP contribution in [-0.2, 0) is 20.9 Å². The molecule has 0 fully saturated rings. The number of carboxylic acid groups (broad SMARTS) is 1. The third kappa shape index (κ3) is 3.98. The monoisotopic (exact) mass is 372 g/mol. The van der Waals surface area contributed by atoms with E-state index < -0.39 is 5.97 Å². The van der Waals surface area contributed by atoms with Crippen molar-refractivity contribution in [3.8, 4) is 0 Å². The quantitative estimate of drug-likeness (QED) is 0.619. The Hall–Kier alpha value is -1.54. The molecule has 0 radical (unpaired) electrons. The zero-order valence-electron chi connectivity index (χ0n) is 11.2. The first kappa shape index (κ1) is 15.8. The molecule has 0 saturated carbocycles. The third-order valence-corrected chi connectivity index (χ3v) is 4.22. The van der Waals surface area contributed by atoms with Crippen molar-refractivity contribution in [2.24, 2.45) is 0 Å². The second kappa shape index (κ2) is 6.95. The fourth-order valence-corrected chi connectivity index (χ4v) is 2.95. The molecule has 1 aromatic heterocycles. The van der Waals surface area contributed by atoms with Gasteiger partial charge in [-0.05, 0) is 18.2 Å². The number of nitrogens with zero attached hydrogens (tertiary/aromatic N) is 2. The number of aromatic nitrogens is 2. The Morgan fingerprint density at radius 3 is 2.90 bits per heavy atom. The number of ether oxygens (including phenoxy) is 1. The highest BCUT2D eigenvalue weighted by Crippen LogP contribution is 2.26. The molecule has 0 unspecified atom stereocenters. The number of methoxy groups -OCH3 is 1. The second-order valence-corrected chi connectivity index (χ2v) is 6.05. The van der Waals surface area contributed by atoms with E-state index in [1.807, 2.05) is 22.8 Å². The summed E-state index contributed by atoms with van der Waals surface area (Å²) in [5, 5.41) is 9.38. The van der Waals surface area contributed by atoms with Crippen LogP contribution >= 0.6 is 27.7 Å². The highest BCUT2D eigenvalue weighted by atomic mass is 79.9. The van der Waals surface area contributed by atoms with E-state index in [0.29, 0.717) is 11.7 Å². The Balaban J connectivity index is 2.34. The average Bonchev–Trinajstić information content (AvgIpc) is 2.79. The number of carboxylic acids is 1. The number of hydrogen-bond acceptors (Lipinski definition) is 5. The lowest BCUT2D eigenvalue weighted by Gasteiger charge is -2.07. The number of aliphatic carboxylic acids is 1. The van der Waals surface area contributed by atoms with Crippen LogP contribution in [0.2, 0.25) is 0 Å². The summed E-state index contributed by atoms with van der Waals surface area (Å²) >= 11 is 4.51. The molecule has 2 aromatic rings. The second-order valence-electron chi connectivity index (χ2n) is 4.19. The fraction of sp³-hybridized carbons (Fsp3) is 0.308. The maximum atomic E-state index is 11.3. The van der Waals surface area contributed by atoms with Crippen molar-refractivity contribution in [3.63, 3.8) is 0 Å². The molecule has 1 heterocycles. The molecule has 0 aliphatic heterocycles. The predicted molar refractivity (Wildman–Crippen MR) is 82.4 cm³/mol. The molecule has 0 atom stereocenters. The summed E-state index contributed by atoms with van der Waals surface area (Å²) in [5.74, 6) is -1.31. The molecule has 2 rings (SSSR count). The van der Waals surface area contributed by atoms with Gasteiger partial charge in [0.05, 0.1) is 30.3 Å². The van der Waals surface area contributed by atoms with Crippen LogP contribution in [0.15, 0.2) is 27.8 Å². The average molecular weight is 373 g/mol. The molecular formula is C13H13BrN2O4S. The lowest BCUT2D eigenvalue weighted by Crippen LogP contribution is -2.08. The standard InChI is InChI=1S/C13H13BrN2O4S/c1-20-12(19)4-5-16-10-3-2-8(14)6-9(10)15-13(16)21-7-11(17)18/h2-3,6H,4-5,7H2,1H3,(H,17,18). The number of aryl methyl sites for hydroxylation is 1. The first-order valence-electron chi connectivity index (χ1n) is 6.08. The van der Waals surface area contributed by atoms with Crippen LogP contribution in [0.3, 0.4) is 0 Å². The predicted octanol–water partition coefficient (Wildman–Crippen LogP) is 2.54. The zero-order chi connectivity index (χ0) is 15.4. The number of esters is 1. The van der Waals surface area contributed by atoms with E-state index in [1.54, 1.807) is 0 Å². The number of carbonyl (C=O) groups is 2. The number of carbonyl (C=O) groups excluding carboxylic acids is 1. The summed E-state index contributed by atoms with van der Waals surface area (Å²) in [5.41, 5.74) is 1.61.